The summed E-state index contributed by atoms with van der Waals surface area (Å²) in [6, 6.07) is 10.6. The Bertz CT molecular complexity index is 1940. The molecule has 1 atom stereocenters. The van der Waals surface area contributed by atoms with Crippen molar-refractivity contribution in [3.8, 4) is 0 Å². The van der Waals surface area contributed by atoms with Gasteiger partial charge >= 0.3 is 0 Å². The van der Waals surface area contributed by atoms with Gasteiger partial charge in [-0.05, 0) is 81.5 Å². The molecule has 4 heterocycles. The van der Waals surface area contributed by atoms with Crippen molar-refractivity contribution in [1.82, 2.24) is 30.4 Å². The number of fused-ring (bicyclic) bond motifs is 2. The Morgan fingerprint density at radius 2 is 1.74 bits per heavy atom. The minimum absolute atomic E-state index is 0.0870. The molecule has 13 nitrogen and oxygen atoms in total. The number of likely N-dealkylation sites (N-methyl/N-ethyl adjacent to an activating group) is 1. The van der Waals surface area contributed by atoms with Crippen molar-refractivity contribution < 1.29 is 19.2 Å². The first-order valence-electron chi connectivity index (χ1n) is 17.6. The number of piperazine rings is 1. The number of carbonyl (C=O) groups excluding carboxylic acids is 4. The predicted octanol–water partition coefficient (Wildman–Crippen LogP) is 3.03. The Balaban J connectivity index is 0.891. The van der Waals surface area contributed by atoms with E-state index in [4.69, 9.17) is 15.4 Å². The number of anilines is 2. The van der Waals surface area contributed by atoms with Crippen molar-refractivity contribution in [2.24, 2.45) is 11.8 Å². The maximum atomic E-state index is 13.2. The Hall–Kier alpha value is -5.17. The van der Waals surface area contributed by atoms with Crippen LogP contribution < -0.4 is 20.9 Å². The normalized spacial score (nSPS) is 24.3. The summed E-state index contributed by atoms with van der Waals surface area (Å²) in [5.74, 6) is -1.36. The summed E-state index contributed by atoms with van der Waals surface area (Å²) in [6.07, 6.45) is 7.90. The molecule has 50 heavy (non-hydrogen) atoms. The molecule has 4 amide bonds. The second-order valence-corrected chi connectivity index (χ2v) is 14.3. The fourth-order valence-corrected chi connectivity index (χ4v) is 7.36. The van der Waals surface area contributed by atoms with Crippen LogP contribution in [0.4, 0.5) is 11.4 Å². The summed E-state index contributed by atoms with van der Waals surface area (Å²) in [4.78, 5) is 65.6. The molecular formula is C37H41N9O4. The van der Waals surface area contributed by atoms with Crippen molar-refractivity contribution in [3.05, 3.63) is 65.6 Å². The molecule has 13 heteroatoms. The molecular weight excluding hydrogens is 634 g/mol. The number of hydrogen-bond acceptors (Lipinski definition) is 11. The second kappa shape index (κ2) is 12.9. The molecule has 2 saturated carbocycles. The van der Waals surface area contributed by atoms with Gasteiger partial charge in [0.2, 0.25) is 11.8 Å². The molecule has 8 rings (SSSR count). The van der Waals surface area contributed by atoms with E-state index in [9.17, 15) is 19.2 Å². The molecule has 3 aromatic rings. The topological polar surface area (TPSA) is 164 Å². The number of carbonyl (C=O) groups is 4. The average molecular weight is 676 g/mol. The summed E-state index contributed by atoms with van der Waals surface area (Å²) in [7, 11) is 2.15. The van der Waals surface area contributed by atoms with Crippen LogP contribution in [-0.4, -0.2) is 101 Å². The van der Waals surface area contributed by atoms with E-state index in [-0.39, 0.29) is 35.9 Å². The first-order valence-corrected chi connectivity index (χ1v) is 17.6. The smallest absolute Gasteiger partial charge is 0.262 e. The lowest BCUT2D eigenvalue weighted by atomic mass is 9.80. The van der Waals surface area contributed by atoms with Crippen molar-refractivity contribution in [3.63, 3.8) is 0 Å². The van der Waals surface area contributed by atoms with Crippen LogP contribution in [0.25, 0.3) is 16.6 Å². The van der Waals surface area contributed by atoms with Crippen molar-refractivity contribution in [1.29, 1.82) is 5.41 Å². The highest BCUT2D eigenvalue weighted by molar-refractivity contribution is 6.24. The third kappa shape index (κ3) is 6.21. The van der Waals surface area contributed by atoms with Gasteiger partial charge in [0.25, 0.3) is 11.8 Å². The van der Waals surface area contributed by atoms with E-state index in [0.29, 0.717) is 18.2 Å². The molecule has 1 aromatic heterocycles. The van der Waals surface area contributed by atoms with E-state index < -0.39 is 29.7 Å². The van der Waals surface area contributed by atoms with Gasteiger partial charge in [-0.2, -0.15) is 0 Å². The maximum absolute atomic E-state index is 13.2. The zero-order valence-electron chi connectivity index (χ0n) is 28.1. The molecule has 2 aliphatic carbocycles. The van der Waals surface area contributed by atoms with E-state index in [2.05, 4.69) is 44.9 Å². The van der Waals surface area contributed by atoms with Gasteiger partial charge in [-0.25, -0.2) is 4.98 Å². The Morgan fingerprint density at radius 3 is 2.50 bits per heavy atom. The molecule has 0 radical (unpaired) electrons. The van der Waals surface area contributed by atoms with Crippen LogP contribution >= 0.6 is 0 Å². The summed E-state index contributed by atoms with van der Waals surface area (Å²) < 4.78 is 0. The fourth-order valence-electron chi connectivity index (χ4n) is 7.36. The molecule has 0 spiro atoms. The lowest BCUT2D eigenvalue weighted by molar-refractivity contribution is -0.136. The van der Waals surface area contributed by atoms with Crippen LogP contribution in [0.1, 0.15) is 64.9 Å². The van der Waals surface area contributed by atoms with Gasteiger partial charge in [-0.15, -0.1) is 0 Å². The lowest BCUT2D eigenvalue weighted by Crippen LogP contribution is -2.54. The third-order valence-electron chi connectivity index (χ3n) is 10.7. The van der Waals surface area contributed by atoms with E-state index in [1.54, 1.807) is 24.4 Å². The third-order valence-corrected chi connectivity index (χ3v) is 10.7. The minimum Gasteiger partial charge on any atom is -0.388 e. The molecule has 2 saturated heterocycles. The number of rotatable bonds is 10. The van der Waals surface area contributed by atoms with Crippen LogP contribution in [0.3, 0.4) is 0 Å². The maximum Gasteiger partial charge on any atom is 0.262 e. The lowest BCUT2D eigenvalue weighted by Gasteiger charge is -2.36. The van der Waals surface area contributed by atoms with Gasteiger partial charge in [-0.1, -0.05) is 0 Å². The summed E-state index contributed by atoms with van der Waals surface area (Å²) in [5, 5.41) is 18.1. The minimum atomic E-state index is -0.980. The van der Waals surface area contributed by atoms with Crippen LogP contribution in [0.5, 0.6) is 0 Å². The van der Waals surface area contributed by atoms with Crippen LogP contribution in [0, 0.1) is 17.2 Å². The van der Waals surface area contributed by atoms with Crippen LogP contribution in [0.15, 0.2) is 48.8 Å². The van der Waals surface area contributed by atoms with Gasteiger partial charge in [0.05, 0.1) is 34.1 Å². The number of hydrogen-bond donors (Lipinski definition) is 4. The SMILES string of the molecule is CN1CCN(c2ccc3ncc(/C(=C/NC4CC(CNc5ccc6c(c5)C(=O)N(C5CCC(=O)NC5=O)C6=O)C4)C(=N)C4CC4)nc3c2)CC1. The first kappa shape index (κ1) is 32.1. The fraction of sp³-hybridized carbons (Fsp3) is 0.432. The predicted molar refractivity (Wildman–Crippen MR) is 189 cm³/mol. The first-order chi connectivity index (χ1) is 24.2. The largest absolute Gasteiger partial charge is 0.388 e. The van der Waals surface area contributed by atoms with E-state index in [0.717, 1.165) is 90.4 Å². The number of nitrogens with zero attached hydrogens (tertiary/aromatic N) is 5. The summed E-state index contributed by atoms with van der Waals surface area (Å²) >= 11 is 0. The Morgan fingerprint density at radius 1 is 0.960 bits per heavy atom. The van der Waals surface area contributed by atoms with E-state index >= 15 is 0 Å². The van der Waals surface area contributed by atoms with Gasteiger partial charge < -0.3 is 25.8 Å². The highest BCUT2D eigenvalue weighted by Gasteiger charge is 2.44. The number of aromatic nitrogens is 2. The molecule has 1 unspecified atom stereocenters. The zero-order valence-corrected chi connectivity index (χ0v) is 28.1. The Kier molecular flexibility index (Phi) is 8.30. The van der Waals surface area contributed by atoms with Crippen molar-refractivity contribution in [2.45, 2.75) is 50.6 Å². The second-order valence-electron chi connectivity index (χ2n) is 14.3. The molecule has 0 bridgehead atoms. The summed E-state index contributed by atoms with van der Waals surface area (Å²) in [5.41, 5.74) is 6.23. The van der Waals surface area contributed by atoms with Gasteiger partial charge in [0, 0.05) is 80.0 Å². The highest BCUT2D eigenvalue weighted by atomic mass is 16.2. The highest BCUT2D eigenvalue weighted by Crippen LogP contribution is 2.36. The van der Waals surface area contributed by atoms with Gasteiger partial charge in [0.15, 0.2) is 0 Å². The Labute approximate surface area is 290 Å². The van der Waals surface area contributed by atoms with E-state index in [1.807, 2.05) is 12.3 Å². The molecule has 4 N–H and O–H groups in total. The number of piperidine rings is 1. The molecule has 3 aliphatic heterocycles. The van der Waals surface area contributed by atoms with Crippen LogP contribution in [-0.2, 0) is 9.59 Å². The standard InChI is InChI=1S/C37H41N9O4/c1-44-10-12-45(13-11-44)25-5-7-29-30(17-25)42-31(20-41-29)28(34(38)22-2-3-22)19-40-24-14-21(15-24)18-39-23-4-6-26-27(16-23)37(50)46(36(26)49)32-8-9-33(47)43-35(32)48/h4-7,16-17,19-22,24,32,38-40H,2-3,8-15,18H2,1H3,(H,43,47,48)/b28-19-,38-34?. The quantitative estimate of drug-likeness (QED) is 0.186. The van der Waals surface area contributed by atoms with Gasteiger partial charge in [-0.3, -0.25) is 34.4 Å². The summed E-state index contributed by atoms with van der Waals surface area (Å²) in [6.45, 7) is 4.73. The number of imide groups is 2. The zero-order chi connectivity index (χ0) is 34.5. The molecule has 5 aliphatic rings. The van der Waals surface area contributed by atoms with E-state index in [1.165, 1.54) is 0 Å². The molecule has 4 fully saturated rings. The number of amides is 4. The average Bonchev–Trinajstić information content (AvgIpc) is 3.92. The molecule has 258 valence electrons. The molecule has 2 aromatic carbocycles. The monoisotopic (exact) mass is 675 g/mol. The number of benzene rings is 2. The van der Waals surface area contributed by atoms with Crippen LogP contribution in [0.2, 0.25) is 0 Å². The van der Waals surface area contributed by atoms with Crippen molar-refractivity contribution >= 4 is 57.3 Å². The number of nitrogens with one attached hydrogen (secondary N) is 4. The van der Waals surface area contributed by atoms with Crippen molar-refractivity contribution in [2.75, 3.05) is 50.0 Å². The van der Waals surface area contributed by atoms with Gasteiger partial charge in [0.1, 0.15) is 6.04 Å². The number of allylic oxidation sites excluding steroid dienone is 1.